The third kappa shape index (κ3) is 2.40. The van der Waals surface area contributed by atoms with E-state index < -0.39 is 6.10 Å². The van der Waals surface area contributed by atoms with E-state index in [9.17, 15) is 5.11 Å². The van der Waals surface area contributed by atoms with Gasteiger partial charge in [0, 0.05) is 21.7 Å². The molecule has 0 saturated heterocycles. The van der Waals surface area contributed by atoms with Crippen LogP contribution in [0.2, 0.25) is 5.02 Å². The second-order valence-electron chi connectivity index (χ2n) is 4.83. The molecular formula is C17H14ClNO. The minimum Gasteiger partial charge on any atom is -0.384 e. The molecule has 2 nitrogen and oxygen atoms in total. The van der Waals surface area contributed by atoms with E-state index >= 15 is 0 Å². The zero-order valence-electron chi connectivity index (χ0n) is 11.0. The van der Waals surface area contributed by atoms with E-state index in [1.165, 1.54) is 0 Å². The molecular weight excluding hydrogens is 270 g/mol. The minimum atomic E-state index is -0.727. The summed E-state index contributed by atoms with van der Waals surface area (Å²) < 4.78 is 0. The van der Waals surface area contributed by atoms with Crippen LogP contribution >= 0.6 is 11.6 Å². The lowest BCUT2D eigenvalue weighted by atomic mass is 10.00. The molecule has 0 aliphatic rings. The van der Waals surface area contributed by atoms with E-state index in [0.717, 1.165) is 22.2 Å². The maximum atomic E-state index is 10.5. The molecule has 3 aromatic rings. The standard InChI is InChI=1S/C17H14ClNO/c1-11-6-7-12-10-13(8-9-16(12)19-11)17(20)14-4-2-3-5-15(14)18/h2-10,17,20H,1H3. The number of aliphatic hydroxyl groups excluding tert-OH is 1. The Balaban J connectivity index is 2.06. The summed E-state index contributed by atoms with van der Waals surface area (Å²) in [5.41, 5.74) is 3.45. The summed E-state index contributed by atoms with van der Waals surface area (Å²) in [6, 6.07) is 17.1. The fourth-order valence-electron chi connectivity index (χ4n) is 2.29. The van der Waals surface area contributed by atoms with Gasteiger partial charge in [-0.1, -0.05) is 41.9 Å². The third-order valence-corrected chi connectivity index (χ3v) is 3.71. The topological polar surface area (TPSA) is 33.1 Å². The fourth-order valence-corrected chi connectivity index (χ4v) is 2.53. The van der Waals surface area contributed by atoms with Crippen molar-refractivity contribution in [2.45, 2.75) is 13.0 Å². The van der Waals surface area contributed by atoms with Crippen LogP contribution in [0.1, 0.15) is 22.9 Å². The highest BCUT2D eigenvalue weighted by molar-refractivity contribution is 6.31. The molecule has 20 heavy (non-hydrogen) atoms. The van der Waals surface area contributed by atoms with Gasteiger partial charge in [-0.3, -0.25) is 4.98 Å². The van der Waals surface area contributed by atoms with Gasteiger partial charge in [-0.2, -0.15) is 0 Å². The highest BCUT2D eigenvalue weighted by Crippen LogP contribution is 2.29. The second-order valence-corrected chi connectivity index (χ2v) is 5.24. The zero-order valence-corrected chi connectivity index (χ0v) is 11.8. The van der Waals surface area contributed by atoms with Gasteiger partial charge in [0.2, 0.25) is 0 Å². The molecule has 1 heterocycles. The average molecular weight is 284 g/mol. The first-order chi connectivity index (χ1) is 9.65. The van der Waals surface area contributed by atoms with Crippen LogP contribution in [0.3, 0.4) is 0 Å². The molecule has 0 aliphatic heterocycles. The molecule has 0 saturated carbocycles. The molecule has 1 unspecified atom stereocenters. The third-order valence-electron chi connectivity index (χ3n) is 3.37. The Hall–Kier alpha value is -1.90. The SMILES string of the molecule is Cc1ccc2cc(C(O)c3ccccc3Cl)ccc2n1. The molecule has 100 valence electrons. The van der Waals surface area contributed by atoms with Crippen molar-refractivity contribution in [1.29, 1.82) is 0 Å². The predicted molar refractivity (Wildman–Crippen MR) is 82.0 cm³/mol. The van der Waals surface area contributed by atoms with Crippen molar-refractivity contribution >= 4 is 22.5 Å². The highest BCUT2D eigenvalue weighted by Gasteiger charge is 2.13. The molecule has 1 aromatic heterocycles. The number of halogens is 1. The predicted octanol–water partition coefficient (Wildman–Crippen LogP) is 4.28. The molecule has 2 aromatic carbocycles. The van der Waals surface area contributed by atoms with Gasteiger partial charge in [-0.25, -0.2) is 0 Å². The average Bonchev–Trinajstić information content (AvgIpc) is 2.46. The monoisotopic (exact) mass is 283 g/mol. The maximum Gasteiger partial charge on any atom is 0.106 e. The van der Waals surface area contributed by atoms with Gasteiger partial charge < -0.3 is 5.11 Å². The summed E-state index contributed by atoms with van der Waals surface area (Å²) in [5, 5.41) is 12.1. The van der Waals surface area contributed by atoms with Gasteiger partial charge in [-0.15, -0.1) is 0 Å². The van der Waals surface area contributed by atoms with E-state index in [1.807, 2.05) is 55.5 Å². The Morgan fingerprint density at radius 2 is 1.85 bits per heavy atom. The number of hydrogen-bond donors (Lipinski definition) is 1. The van der Waals surface area contributed by atoms with Gasteiger partial charge in [0.05, 0.1) is 5.52 Å². The van der Waals surface area contributed by atoms with E-state index in [-0.39, 0.29) is 0 Å². The molecule has 0 aliphatic carbocycles. The highest BCUT2D eigenvalue weighted by atomic mass is 35.5. The molecule has 3 heteroatoms. The molecule has 0 fully saturated rings. The van der Waals surface area contributed by atoms with Crippen molar-refractivity contribution < 1.29 is 5.11 Å². The van der Waals surface area contributed by atoms with E-state index in [2.05, 4.69) is 4.98 Å². The van der Waals surface area contributed by atoms with Crippen LogP contribution in [-0.4, -0.2) is 10.1 Å². The number of fused-ring (bicyclic) bond motifs is 1. The number of benzene rings is 2. The second kappa shape index (κ2) is 5.23. The molecule has 1 atom stereocenters. The lowest BCUT2D eigenvalue weighted by molar-refractivity contribution is 0.220. The van der Waals surface area contributed by atoms with Crippen LogP contribution in [0.5, 0.6) is 0 Å². The van der Waals surface area contributed by atoms with Crippen LogP contribution in [0.25, 0.3) is 10.9 Å². The van der Waals surface area contributed by atoms with Crippen LogP contribution in [0.15, 0.2) is 54.6 Å². The van der Waals surface area contributed by atoms with Gasteiger partial charge in [0.15, 0.2) is 0 Å². The first-order valence-corrected chi connectivity index (χ1v) is 6.83. The first-order valence-electron chi connectivity index (χ1n) is 6.45. The normalized spacial score (nSPS) is 12.6. The lowest BCUT2D eigenvalue weighted by Gasteiger charge is -2.13. The van der Waals surface area contributed by atoms with Crippen molar-refractivity contribution in [2.24, 2.45) is 0 Å². The van der Waals surface area contributed by atoms with Crippen molar-refractivity contribution in [2.75, 3.05) is 0 Å². The smallest absolute Gasteiger partial charge is 0.106 e. The van der Waals surface area contributed by atoms with Gasteiger partial charge in [0.25, 0.3) is 0 Å². The molecule has 1 N–H and O–H groups in total. The minimum absolute atomic E-state index is 0.571. The Labute approximate surface area is 122 Å². The largest absolute Gasteiger partial charge is 0.384 e. The summed E-state index contributed by atoms with van der Waals surface area (Å²) in [4.78, 5) is 4.46. The zero-order chi connectivity index (χ0) is 14.1. The summed E-state index contributed by atoms with van der Waals surface area (Å²) in [5.74, 6) is 0. The summed E-state index contributed by atoms with van der Waals surface area (Å²) >= 11 is 6.14. The van der Waals surface area contributed by atoms with Gasteiger partial charge in [-0.05, 0) is 36.8 Å². The van der Waals surface area contributed by atoms with Gasteiger partial charge in [0.1, 0.15) is 6.10 Å². The lowest BCUT2D eigenvalue weighted by Crippen LogP contribution is -2.00. The van der Waals surface area contributed by atoms with Gasteiger partial charge >= 0.3 is 0 Å². The van der Waals surface area contributed by atoms with E-state index in [4.69, 9.17) is 11.6 Å². The number of pyridine rings is 1. The van der Waals surface area contributed by atoms with Crippen molar-refractivity contribution in [3.05, 3.63) is 76.4 Å². The Bertz CT molecular complexity index is 770. The molecule has 0 bridgehead atoms. The van der Waals surface area contributed by atoms with Crippen molar-refractivity contribution in [3.8, 4) is 0 Å². The van der Waals surface area contributed by atoms with Crippen molar-refractivity contribution in [3.63, 3.8) is 0 Å². The molecule has 0 radical (unpaired) electrons. The molecule has 0 spiro atoms. The number of nitrogens with zero attached hydrogens (tertiary/aromatic N) is 1. The fraction of sp³-hybridized carbons (Fsp3) is 0.118. The molecule has 3 rings (SSSR count). The maximum absolute atomic E-state index is 10.5. The first kappa shape index (κ1) is 13.1. The molecule has 0 amide bonds. The number of aliphatic hydroxyl groups is 1. The number of rotatable bonds is 2. The van der Waals surface area contributed by atoms with E-state index in [1.54, 1.807) is 6.07 Å². The van der Waals surface area contributed by atoms with Crippen LogP contribution in [0, 0.1) is 6.92 Å². The van der Waals surface area contributed by atoms with Crippen LogP contribution in [0.4, 0.5) is 0 Å². The summed E-state index contributed by atoms with van der Waals surface area (Å²) in [7, 11) is 0. The Morgan fingerprint density at radius 3 is 2.65 bits per heavy atom. The summed E-state index contributed by atoms with van der Waals surface area (Å²) in [6.45, 7) is 1.96. The number of aromatic nitrogens is 1. The Kier molecular flexibility index (Phi) is 3.43. The summed E-state index contributed by atoms with van der Waals surface area (Å²) in [6.07, 6.45) is -0.727. The van der Waals surface area contributed by atoms with E-state index in [0.29, 0.717) is 10.6 Å². The van der Waals surface area contributed by atoms with Crippen LogP contribution in [-0.2, 0) is 0 Å². The number of aryl methyl sites for hydroxylation is 1. The van der Waals surface area contributed by atoms with Crippen LogP contribution < -0.4 is 0 Å². The number of hydrogen-bond acceptors (Lipinski definition) is 2. The quantitative estimate of drug-likeness (QED) is 0.761. The Morgan fingerprint density at radius 1 is 1.05 bits per heavy atom. The van der Waals surface area contributed by atoms with Crippen molar-refractivity contribution in [1.82, 2.24) is 4.98 Å².